The van der Waals surface area contributed by atoms with Gasteiger partial charge in [0.15, 0.2) is 0 Å². The molecule has 124 valence electrons. The summed E-state index contributed by atoms with van der Waals surface area (Å²) in [7, 11) is -3.66. The molecule has 2 rings (SSSR count). The first kappa shape index (κ1) is 17.5. The topological polar surface area (TPSA) is 46.2 Å². The van der Waals surface area contributed by atoms with Crippen LogP contribution < -0.4 is 4.72 Å². The molecule has 2 aromatic rings. The lowest BCUT2D eigenvalue weighted by Crippen LogP contribution is -2.28. The maximum atomic E-state index is 12.7. The molecular formula is C16H16F3NO2S. The van der Waals surface area contributed by atoms with Gasteiger partial charge in [-0.15, -0.1) is 0 Å². The van der Waals surface area contributed by atoms with Gasteiger partial charge in [0.05, 0.1) is 11.3 Å². The monoisotopic (exact) mass is 343 g/mol. The van der Waals surface area contributed by atoms with Crippen molar-refractivity contribution in [3.8, 4) is 0 Å². The van der Waals surface area contributed by atoms with Gasteiger partial charge in [0.1, 0.15) is 0 Å². The van der Waals surface area contributed by atoms with Gasteiger partial charge in [-0.3, -0.25) is 0 Å². The normalized spacial score (nSPS) is 13.7. The highest BCUT2D eigenvalue weighted by molar-refractivity contribution is 7.88. The Balaban J connectivity index is 2.13. The van der Waals surface area contributed by atoms with Crippen LogP contribution in [0, 0.1) is 0 Å². The Labute approximate surface area is 133 Å². The van der Waals surface area contributed by atoms with Crippen LogP contribution in [0.2, 0.25) is 0 Å². The van der Waals surface area contributed by atoms with E-state index in [1.54, 1.807) is 30.3 Å². The average molecular weight is 343 g/mol. The van der Waals surface area contributed by atoms with Gasteiger partial charge in [-0.05, 0) is 30.2 Å². The second-order valence-electron chi connectivity index (χ2n) is 5.21. The molecule has 7 heteroatoms. The van der Waals surface area contributed by atoms with Crippen molar-refractivity contribution in [3.63, 3.8) is 0 Å². The van der Waals surface area contributed by atoms with Crippen molar-refractivity contribution in [3.05, 3.63) is 71.3 Å². The Bertz CT molecular complexity index is 758. The Morgan fingerprint density at radius 2 is 1.70 bits per heavy atom. The minimum absolute atomic E-state index is 0.225. The molecule has 0 fully saturated rings. The second kappa shape index (κ2) is 6.72. The average Bonchev–Trinajstić information content (AvgIpc) is 2.46. The number of nitrogens with one attached hydrogen (secondary N) is 1. The van der Waals surface area contributed by atoms with Crippen LogP contribution in [-0.4, -0.2) is 8.42 Å². The van der Waals surface area contributed by atoms with Crippen molar-refractivity contribution < 1.29 is 21.6 Å². The van der Waals surface area contributed by atoms with Crippen molar-refractivity contribution in [1.29, 1.82) is 0 Å². The van der Waals surface area contributed by atoms with E-state index >= 15 is 0 Å². The first-order valence-corrected chi connectivity index (χ1v) is 8.54. The molecule has 3 nitrogen and oxygen atoms in total. The highest BCUT2D eigenvalue weighted by Gasteiger charge is 2.31. The van der Waals surface area contributed by atoms with Crippen LogP contribution in [-0.2, 0) is 22.0 Å². The molecule has 0 bridgehead atoms. The number of halogens is 3. The molecule has 0 amide bonds. The quantitative estimate of drug-likeness (QED) is 0.895. The van der Waals surface area contributed by atoms with Crippen molar-refractivity contribution >= 4 is 10.0 Å². The predicted octanol–water partition coefficient (Wildman–Crippen LogP) is 3.89. The summed E-state index contributed by atoms with van der Waals surface area (Å²) in [4.78, 5) is 0. The molecule has 0 saturated heterocycles. The standard InChI is InChI=1S/C16H16F3NO2S/c1-12(14-8-5-9-15(10-14)16(17,18)19)20-23(21,22)11-13-6-3-2-4-7-13/h2-10,12,20H,11H2,1H3/t12-/m1/s1. The van der Waals surface area contributed by atoms with Gasteiger partial charge in [0.2, 0.25) is 10.0 Å². The van der Waals surface area contributed by atoms with Gasteiger partial charge in [-0.2, -0.15) is 13.2 Å². The third-order valence-corrected chi connectivity index (χ3v) is 4.70. The molecule has 1 N–H and O–H groups in total. The highest BCUT2D eigenvalue weighted by atomic mass is 32.2. The van der Waals surface area contributed by atoms with Gasteiger partial charge in [0.25, 0.3) is 0 Å². The lowest BCUT2D eigenvalue weighted by atomic mass is 10.1. The number of hydrogen-bond acceptors (Lipinski definition) is 2. The Morgan fingerprint density at radius 3 is 2.30 bits per heavy atom. The number of benzene rings is 2. The minimum Gasteiger partial charge on any atom is -0.212 e. The van der Waals surface area contributed by atoms with E-state index in [1.807, 2.05) is 0 Å². The maximum absolute atomic E-state index is 12.7. The van der Waals surface area contributed by atoms with Crippen LogP contribution in [0.3, 0.4) is 0 Å². The van der Waals surface area contributed by atoms with Crippen molar-refractivity contribution in [2.24, 2.45) is 0 Å². The molecule has 0 aliphatic rings. The third-order valence-electron chi connectivity index (χ3n) is 3.27. The van der Waals surface area contributed by atoms with E-state index in [2.05, 4.69) is 4.72 Å². The molecule has 0 saturated carbocycles. The number of alkyl halides is 3. The van der Waals surface area contributed by atoms with Crippen LogP contribution >= 0.6 is 0 Å². The first-order chi connectivity index (χ1) is 10.7. The summed E-state index contributed by atoms with van der Waals surface area (Å²) >= 11 is 0. The molecule has 0 aliphatic heterocycles. The van der Waals surface area contributed by atoms with Crippen LogP contribution in [0.4, 0.5) is 13.2 Å². The summed E-state index contributed by atoms with van der Waals surface area (Å²) in [6, 6.07) is 12.4. The number of hydrogen-bond donors (Lipinski definition) is 1. The second-order valence-corrected chi connectivity index (χ2v) is 6.96. The summed E-state index contributed by atoms with van der Waals surface area (Å²) < 4.78 is 64.8. The predicted molar refractivity (Wildman–Crippen MR) is 82.1 cm³/mol. The fourth-order valence-corrected chi connectivity index (χ4v) is 3.55. The molecule has 0 heterocycles. The minimum atomic E-state index is -4.46. The van der Waals surface area contributed by atoms with Crippen molar-refractivity contribution in [2.45, 2.75) is 24.9 Å². The van der Waals surface area contributed by atoms with Crippen molar-refractivity contribution in [1.82, 2.24) is 4.72 Å². The van der Waals surface area contributed by atoms with Gasteiger partial charge >= 0.3 is 6.18 Å². The van der Waals surface area contributed by atoms with E-state index in [0.717, 1.165) is 12.1 Å². The van der Waals surface area contributed by atoms with Crippen LogP contribution in [0.1, 0.15) is 29.7 Å². The molecule has 23 heavy (non-hydrogen) atoms. The summed E-state index contributed by atoms with van der Waals surface area (Å²) in [5.74, 6) is -0.225. The Hall–Kier alpha value is -1.86. The van der Waals surface area contributed by atoms with Gasteiger partial charge < -0.3 is 0 Å². The molecular weight excluding hydrogens is 327 g/mol. The molecule has 1 atom stereocenters. The fraction of sp³-hybridized carbons (Fsp3) is 0.250. The maximum Gasteiger partial charge on any atom is 0.416 e. The van der Waals surface area contributed by atoms with Gasteiger partial charge in [-0.1, -0.05) is 42.5 Å². The summed E-state index contributed by atoms with van der Waals surface area (Å²) in [5.41, 5.74) is 0.0665. The zero-order valence-electron chi connectivity index (χ0n) is 12.3. The van der Waals surface area contributed by atoms with Crippen LogP contribution in [0.15, 0.2) is 54.6 Å². The highest BCUT2D eigenvalue weighted by Crippen LogP contribution is 2.30. The van der Waals surface area contributed by atoms with E-state index in [-0.39, 0.29) is 11.3 Å². The largest absolute Gasteiger partial charge is 0.416 e. The Morgan fingerprint density at radius 1 is 1.04 bits per heavy atom. The fourth-order valence-electron chi connectivity index (χ4n) is 2.16. The SMILES string of the molecule is C[C@@H](NS(=O)(=O)Cc1ccccc1)c1cccc(C(F)(F)F)c1. The summed E-state index contributed by atoms with van der Waals surface area (Å²) in [6.07, 6.45) is -4.46. The van der Waals surface area contributed by atoms with E-state index in [4.69, 9.17) is 0 Å². The molecule has 0 radical (unpaired) electrons. The lowest BCUT2D eigenvalue weighted by molar-refractivity contribution is -0.137. The van der Waals surface area contributed by atoms with Gasteiger partial charge in [0, 0.05) is 6.04 Å². The van der Waals surface area contributed by atoms with Gasteiger partial charge in [-0.25, -0.2) is 13.1 Å². The van der Waals surface area contributed by atoms with Crippen LogP contribution in [0.25, 0.3) is 0 Å². The molecule has 0 aromatic heterocycles. The molecule has 0 aliphatic carbocycles. The smallest absolute Gasteiger partial charge is 0.212 e. The molecule has 0 unspecified atom stereocenters. The number of rotatable bonds is 5. The summed E-state index contributed by atoms with van der Waals surface area (Å²) in [6.45, 7) is 1.51. The van der Waals surface area contributed by atoms with E-state index in [0.29, 0.717) is 5.56 Å². The van der Waals surface area contributed by atoms with Crippen molar-refractivity contribution in [2.75, 3.05) is 0 Å². The first-order valence-electron chi connectivity index (χ1n) is 6.88. The van der Waals surface area contributed by atoms with E-state index in [9.17, 15) is 21.6 Å². The number of sulfonamides is 1. The molecule has 0 spiro atoms. The van der Waals surface area contributed by atoms with E-state index in [1.165, 1.54) is 19.1 Å². The zero-order valence-corrected chi connectivity index (χ0v) is 13.2. The zero-order chi connectivity index (χ0) is 17.1. The van der Waals surface area contributed by atoms with E-state index < -0.39 is 27.8 Å². The third kappa shape index (κ3) is 5.07. The molecule has 2 aromatic carbocycles. The lowest BCUT2D eigenvalue weighted by Gasteiger charge is -2.16. The Kier molecular flexibility index (Phi) is 5.11. The summed E-state index contributed by atoms with van der Waals surface area (Å²) in [5, 5.41) is 0. The van der Waals surface area contributed by atoms with Crippen LogP contribution in [0.5, 0.6) is 0 Å².